The monoisotopic (exact) mass is 392 g/mol. The molecule has 1 aromatic carbocycles. The fraction of sp³-hybridized carbons (Fsp3) is 0.263. The standard InChI is InChI=1S/C19H16N6O2S/c26-18(16-11-20-13-3-1-2-4-14(13)21-16)24-8-5-12(6-9-24)25-19(27)17-15(22-23-25)7-10-28-17/h1-4,7,10-12H,5-6,8-9H2. The van der Waals surface area contributed by atoms with E-state index >= 15 is 0 Å². The molecular formula is C19H16N6O2S. The third-order valence-electron chi connectivity index (χ3n) is 5.06. The molecule has 28 heavy (non-hydrogen) atoms. The lowest BCUT2D eigenvalue weighted by molar-refractivity contribution is 0.0681. The number of para-hydroxylation sites is 2. The van der Waals surface area contributed by atoms with E-state index in [0.29, 0.717) is 47.4 Å². The highest BCUT2D eigenvalue weighted by atomic mass is 32.1. The number of hydrogen-bond donors (Lipinski definition) is 0. The number of piperidine rings is 1. The number of thiophene rings is 1. The van der Waals surface area contributed by atoms with Crippen LogP contribution in [0.1, 0.15) is 29.4 Å². The van der Waals surface area contributed by atoms with Gasteiger partial charge in [-0.05, 0) is 36.4 Å². The Labute approximate surface area is 163 Å². The number of carbonyl (C=O) groups is 1. The van der Waals surface area contributed by atoms with Crippen LogP contribution in [0.25, 0.3) is 21.3 Å². The number of benzene rings is 1. The first-order valence-electron chi connectivity index (χ1n) is 9.04. The maximum Gasteiger partial charge on any atom is 0.287 e. The molecule has 0 spiro atoms. The number of likely N-dealkylation sites (tertiary alicyclic amines) is 1. The third-order valence-corrected chi connectivity index (χ3v) is 5.95. The lowest BCUT2D eigenvalue weighted by atomic mass is 10.0. The predicted molar refractivity (Wildman–Crippen MR) is 105 cm³/mol. The van der Waals surface area contributed by atoms with Crippen LogP contribution in [0.4, 0.5) is 0 Å². The number of hydrogen-bond acceptors (Lipinski definition) is 7. The Morgan fingerprint density at radius 1 is 1.07 bits per heavy atom. The maximum atomic E-state index is 12.8. The van der Waals surface area contributed by atoms with E-state index in [0.717, 1.165) is 5.52 Å². The molecule has 0 unspecified atom stereocenters. The number of rotatable bonds is 2. The van der Waals surface area contributed by atoms with Gasteiger partial charge in [0.05, 0.1) is 23.3 Å². The van der Waals surface area contributed by atoms with Crippen molar-refractivity contribution in [3.05, 3.63) is 58.0 Å². The fourth-order valence-corrected chi connectivity index (χ4v) is 4.31. The van der Waals surface area contributed by atoms with Crippen molar-refractivity contribution >= 4 is 38.5 Å². The zero-order chi connectivity index (χ0) is 19.1. The molecule has 8 nitrogen and oxygen atoms in total. The van der Waals surface area contributed by atoms with Crippen LogP contribution in [0.5, 0.6) is 0 Å². The van der Waals surface area contributed by atoms with Crippen molar-refractivity contribution in [1.29, 1.82) is 0 Å². The predicted octanol–water partition coefficient (Wildman–Crippen LogP) is 2.27. The summed E-state index contributed by atoms with van der Waals surface area (Å²) >= 11 is 1.38. The summed E-state index contributed by atoms with van der Waals surface area (Å²) in [6, 6.07) is 9.22. The van der Waals surface area contributed by atoms with Crippen LogP contribution in [0.15, 0.2) is 46.7 Å². The van der Waals surface area contributed by atoms with Gasteiger partial charge in [0.1, 0.15) is 15.9 Å². The molecule has 1 amide bonds. The first-order chi connectivity index (χ1) is 13.7. The van der Waals surface area contributed by atoms with E-state index in [1.54, 1.807) is 11.0 Å². The van der Waals surface area contributed by atoms with Crippen LogP contribution < -0.4 is 5.56 Å². The Kier molecular flexibility index (Phi) is 4.09. The third kappa shape index (κ3) is 2.84. The van der Waals surface area contributed by atoms with E-state index in [2.05, 4.69) is 20.3 Å². The molecule has 0 radical (unpaired) electrons. The first-order valence-corrected chi connectivity index (χ1v) is 9.92. The van der Waals surface area contributed by atoms with Crippen molar-refractivity contribution < 1.29 is 4.79 Å². The van der Waals surface area contributed by atoms with E-state index in [4.69, 9.17) is 0 Å². The van der Waals surface area contributed by atoms with Crippen LogP contribution in [-0.4, -0.2) is 48.9 Å². The highest BCUT2D eigenvalue weighted by molar-refractivity contribution is 7.17. The van der Waals surface area contributed by atoms with Gasteiger partial charge in [0.25, 0.3) is 11.5 Å². The van der Waals surface area contributed by atoms with Gasteiger partial charge in [-0.1, -0.05) is 17.3 Å². The molecule has 0 aliphatic carbocycles. The Morgan fingerprint density at radius 3 is 2.68 bits per heavy atom. The number of aromatic nitrogens is 5. The lowest BCUT2D eigenvalue weighted by Crippen LogP contribution is -2.41. The van der Waals surface area contributed by atoms with E-state index < -0.39 is 0 Å². The van der Waals surface area contributed by atoms with Crippen LogP contribution in [0.2, 0.25) is 0 Å². The van der Waals surface area contributed by atoms with Gasteiger partial charge < -0.3 is 4.90 Å². The van der Waals surface area contributed by atoms with Gasteiger partial charge in [-0.3, -0.25) is 14.6 Å². The van der Waals surface area contributed by atoms with Gasteiger partial charge in [-0.25, -0.2) is 9.67 Å². The molecule has 9 heteroatoms. The van der Waals surface area contributed by atoms with E-state index in [1.807, 2.05) is 29.6 Å². The minimum absolute atomic E-state index is 0.0572. The highest BCUT2D eigenvalue weighted by Gasteiger charge is 2.27. The average Bonchev–Trinajstić information content (AvgIpc) is 3.23. The number of nitrogens with zero attached hydrogens (tertiary/aromatic N) is 6. The average molecular weight is 392 g/mol. The zero-order valence-corrected chi connectivity index (χ0v) is 15.7. The summed E-state index contributed by atoms with van der Waals surface area (Å²) in [5.74, 6) is -0.135. The van der Waals surface area contributed by atoms with Crippen molar-refractivity contribution in [2.24, 2.45) is 0 Å². The van der Waals surface area contributed by atoms with Crippen molar-refractivity contribution in [2.45, 2.75) is 18.9 Å². The molecule has 0 N–H and O–H groups in total. The molecule has 1 aliphatic heterocycles. The molecular weight excluding hydrogens is 376 g/mol. The molecule has 140 valence electrons. The van der Waals surface area contributed by atoms with Crippen molar-refractivity contribution in [2.75, 3.05) is 13.1 Å². The van der Waals surface area contributed by atoms with E-state index in [1.165, 1.54) is 22.2 Å². The molecule has 1 fully saturated rings. The van der Waals surface area contributed by atoms with Crippen molar-refractivity contribution in [1.82, 2.24) is 29.9 Å². The Morgan fingerprint density at radius 2 is 1.86 bits per heavy atom. The van der Waals surface area contributed by atoms with Crippen LogP contribution in [0, 0.1) is 0 Å². The van der Waals surface area contributed by atoms with Gasteiger partial charge in [-0.15, -0.1) is 16.4 Å². The second-order valence-electron chi connectivity index (χ2n) is 6.74. The molecule has 1 aliphatic rings. The van der Waals surface area contributed by atoms with Crippen molar-refractivity contribution in [3.63, 3.8) is 0 Å². The second kappa shape index (κ2) is 6.75. The van der Waals surface area contributed by atoms with Crippen LogP contribution in [-0.2, 0) is 0 Å². The topological polar surface area (TPSA) is 93.9 Å². The maximum absolute atomic E-state index is 12.8. The zero-order valence-electron chi connectivity index (χ0n) is 14.9. The van der Waals surface area contributed by atoms with Crippen molar-refractivity contribution in [3.8, 4) is 0 Å². The summed E-state index contributed by atoms with van der Waals surface area (Å²) in [6.45, 7) is 1.07. The summed E-state index contributed by atoms with van der Waals surface area (Å²) < 4.78 is 2.09. The van der Waals surface area contributed by atoms with Gasteiger partial charge in [-0.2, -0.15) is 0 Å². The first kappa shape index (κ1) is 16.9. The van der Waals surface area contributed by atoms with E-state index in [-0.39, 0.29) is 17.5 Å². The SMILES string of the molecule is O=C(c1cnc2ccccc2n1)N1CCC(n2nnc3ccsc3c2=O)CC1. The van der Waals surface area contributed by atoms with Gasteiger partial charge in [0.15, 0.2) is 0 Å². The highest BCUT2D eigenvalue weighted by Crippen LogP contribution is 2.23. The summed E-state index contributed by atoms with van der Waals surface area (Å²) in [6.07, 6.45) is 2.83. The number of fused-ring (bicyclic) bond motifs is 2. The summed E-state index contributed by atoms with van der Waals surface area (Å²) in [5, 5.41) is 10.1. The number of carbonyl (C=O) groups excluding carboxylic acids is 1. The molecule has 0 bridgehead atoms. The molecule has 4 heterocycles. The summed E-state index contributed by atoms with van der Waals surface area (Å²) in [5.41, 5.74) is 2.34. The van der Waals surface area contributed by atoms with Gasteiger partial charge in [0, 0.05) is 13.1 Å². The Hall–Kier alpha value is -3.20. The number of amides is 1. The Bertz CT molecular complexity index is 1240. The molecule has 5 rings (SSSR count). The summed E-state index contributed by atoms with van der Waals surface area (Å²) in [7, 11) is 0. The lowest BCUT2D eigenvalue weighted by Gasteiger charge is -2.31. The summed E-state index contributed by atoms with van der Waals surface area (Å²) in [4.78, 5) is 36.0. The van der Waals surface area contributed by atoms with Gasteiger partial charge in [0.2, 0.25) is 0 Å². The molecule has 1 saturated heterocycles. The molecule has 0 saturated carbocycles. The minimum atomic E-state index is -0.135. The molecule has 0 atom stereocenters. The van der Waals surface area contributed by atoms with Crippen LogP contribution in [0.3, 0.4) is 0 Å². The fourth-order valence-electron chi connectivity index (χ4n) is 3.56. The normalized spacial score (nSPS) is 15.4. The minimum Gasteiger partial charge on any atom is -0.337 e. The largest absolute Gasteiger partial charge is 0.337 e. The van der Waals surface area contributed by atoms with E-state index in [9.17, 15) is 9.59 Å². The second-order valence-corrected chi connectivity index (χ2v) is 7.66. The molecule has 4 aromatic rings. The Balaban J connectivity index is 1.33. The van der Waals surface area contributed by atoms with Gasteiger partial charge >= 0.3 is 0 Å². The van der Waals surface area contributed by atoms with Crippen LogP contribution >= 0.6 is 11.3 Å². The molecule has 3 aromatic heterocycles. The quantitative estimate of drug-likeness (QED) is 0.519. The smallest absolute Gasteiger partial charge is 0.287 e.